The Bertz CT molecular complexity index is 433. The lowest BCUT2D eigenvalue weighted by atomic mass is 9.92. The molecule has 104 valence electrons. The number of para-hydroxylation sites is 1. The molecule has 0 bridgehead atoms. The van der Waals surface area contributed by atoms with Crippen molar-refractivity contribution in [2.45, 2.75) is 44.8 Å². The smallest absolute Gasteiger partial charge is 0.255 e. The van der Waals surface area contributed by atoms with Gasteiger partial charge in [-0.15, -0.1) is 0 Å². The molecule has 1 fully saturated rings. The van der Waals surface area contributed by atoms with Crippen LogP contribution in [0.1, 0.15) is 43.0 Å². The van der Waals surface area contributed by atoms with Crippen molar-refractivity contribution in [2.75, 3.05) is 6.61 Å². The van der Waals surface area contributed by atoms with Crippen molar-refractivity contribution < 1.29 is 14.6 Å². The lowest BCUT2D eigenvalue weighted by Crippen LogP contribution is -2.45. The first kappa shape index (κ1) is 13.9. The molecule has 1 amide bonds. The van der Waals surface area contributed by atoms with E-state index in [1.54, 1.807) is 12.1 Å². The van der Waals surface area contributed by atoms with Gasteiger partial charge in [0.25, 0.3) is 5.91 Å². The van der Waals surface area contributed by atoms with Gasteiger partial charge in [-0.2, -0.15) is 0 Å². The van der Waals surface area contributed by atoms with E-state index in [9.17, 15) is 9.90 Å². The molecule has 0 radical (unpaired) electrons. The summed E-state index contributed by atoms with van der Waals surface area (Å²) in [6, 6.07) is 7.05. The summed E-state index contributed by atoms with van der Waals surface area (Å²) >= 11 is 0. The maximum atomic E-state index is 12.3. The van der Waals surface area contributed by atoms with Crippen LogP contribution in [0.4, 0.5) is 0 Å². The zero-order valence-corrected chi connectivity index (χ0v) is 11.3. The number of amides is 1. The quantitative estimate of drug-likeness (QED) is 0.874. The summed E-state index contributed by atoms with van der Waals surface area (Å²) in [6.45, 7) is 2.41. The van der Waals surface area contributed by atoms with Gasteiger partial charge in [0.05, 0.1) is 24.3 Å². The summed E-state index contributed by atoms with van der Waals surface area (Å²) in [5.41, 5.74) is 0.530. The number of hydrogen-bond acceptors (Lipinski definition) is 3. The molecule has 4 nitrogen and oxygen atoms in total. The van der Waals surface area contributed by atoms with Crippen LogP contribution in [-0.2, 0) is 0 Å². The number of hydrogen-bond donors (Lipinski definition) is 2. The zero-order valence-electron chi connectivity index (χ0n) is 11.3. The second-order valence-corrected chi connectivity index (χ2v) is 4.86. The fraction of sp³-hybridized carbons (Fsp3) is 0.533. The second kappa shape index (κ2) is 6.57. The molecule has 1 aliphatic carbocycles. The van der Waals surface area contributed by atoms with Crippen LogP contribution in [0.5, 0.6) is 5.75 Å². The number of benzene rings is 1. The van der Waals surface area contributed by atoms with E-state index in [-0.39, 0.29) is 11.9 Å². The van der Waals surface area contributed by atoms with Crippen LogP contribution in [0.15, 0.2) is 24.3 Å². The minimum Gasteiger partial charge on any atom is -0.493 e. The maximum Gasteiger partial charge on any atom is 0.255 e. The van der Waals surface area contributed by atoms with E-state index in [1.807, 2.05) is 19.1 Å². The molecule has 19 heavy (non-hydrogen) atoms. The van der Waals surface area contributed by atoms with Crippen LogP contribution >= 0.6 is 0 Å². The van der Waals surface area contributed by atoms with Crippen LogP contribution in [-0.4, -0.2) is 29.8 Å². The van der Waals surface area contributed by atoms with Gasteiger partial charge < -0.3 is 15.2 Å². The molecule has 1 aromatic carbocycles. The molecule has 1 aliphatic rings. The lowest BCUT2D eigenvalue weighted by Gasteiger charge is -2.28. The number of ether oxygens (including phenoxy) is 1. The van der Waals surface area contributed by atoms with Gasteiger partial charge in [-0.05, 0) is 31.9 Å². The summed E-state index contributed by atoms with van der Waals surface area (Å²) in [4.78, 5) is 12.3. The first-order chi connectivity index (χ1) is 9.22. The fourth-order valence-corrected chi connectivity index (χ4v) is 2.46. The van der Waals surface area contributed by atoms with E-state index in [1.165, 1.54) is 0 Å². The molecule has 1 aromatic rings. The summed E-state index contributed by atoms with van der Waals surface area (Å²) < 4.78 is 5.45. The van der Waals surface area contributed by atoms with E-state index >= 15 is 0 Å². The van der Waals surface area contributed by atoms with E-state index in [2.05, 4.69) is 5.32 Å². The van der Waals surface area contributed by atoms with Crippen LogP contribution in [0.25, 0.3) is 0 Å². The van der Waals surface area contributed by atoms with Crippen LogP contribution in [0, 0.1) is 0 Å². The van der Waals surface area contributed by atoms with Crippen molar-refractivity contribution in [3.05, 3.63) is 29.8 Å². The Morgan fingerprint density at radius 2 is 2.11 bits per heavy atom. The highest BCUT2D eigenvalue weighted by Gasteiger charge is 2.25. The number of carbonyl (C=O) groups excluding carboxylic acids is 1. The second-order valence-electron chi connectivity index (χ2n) is 4.86. The molecule has 0 heterocycles. The maximum absolute atomic E-state index is 12.3. The predicted molar refractivity (Wildman–Crippen MR) is 73.3 cm³/mol. The Morgan fingerprint density at radius 3 is 2.84 bits per heavy atom. The van der Waals surface area contributed by atoms with Gasteiger partial charge in [0, 0.05) is 0 Å². The van der Waals surface area contributed by atoms with Crippen molar-refractivity contribution in [3.8, 4) is 5.75 Å². The molecule has 0 aromatic heterocycles. The number of rotatable bonds is 4. The molecule has 0 saturated heterocycles. The monoisotopic (exact) mass is 263 g/mol. The Kier molecular flexibility index (Phi) is 4.80. The van der Waals surface area contributed by atoms with Gasteiger partial charge in [0.15, 0.2) is 0 Å². The Balaban J connectivity index is 2.06. The van der Waals surface area contributed by atoms with Crippen molar-refractivity contribution in [1.82, 2.24) is 5.32 Å². The average molecular weight is 263 g/mol. The highest BCUT2D eigenvalue weighted by atomic mass is 16.5. The molecule has 4 heteroatoms. The van der Waals surface area contributed by atoms with Crippen LogP contribution < -0.4 is 10.1 Å². The van der Waals surface area contributed by atoms with E-state index < -0.39 is 6.10 Å². The van der Waals surface area contributed by atoms with E-state index in [4.69, 9.17) is 4.74 Å². The molecule has 0 aliphatic heterocycles. The third-order valence-electron chi connectivity index (χ3n) is 3.48. The molecular formula is C15H21NO3. The van der Waals surface area contributed by atoms with Gasteiger partial charge in [-0.25, -0.2) is 0 Å². The van der Waals surface area contributed by atoms with Gasteiger partial charge in [0.1, 0.15) is 5.75 Å². The lowest BCUT2D eigenvalue weighted by molar-refractivity contribution is 0.0714. The Morgan fingerprint density at radius 1 is 1.37 bits per heavy atom. The summed E-state index contributed by atoms with van der Waals surface area (Å²) in [6.07, 6.45) is 3.25. The first-order valence-electron chi connectivity index (χ1n) is 6.93. The Hall–Kier alpha value is -1.55. The molecule has 1 saturated carbocycles. The van der Waals surface area contributed by atoms with Gasteiger partial charge >= 0.3 is 0 Å². The predicted octanol–water partition coefficient (Wildman–Crippen LogP) is 2.12. The zero-order chi connectivity index (χ0) is 13.7. The van der Waals surface area contributed by atoms with E-state index in [0.717, 1.165) is 25.7 Å². The summed E-state index contributed by atoms with van der Waals surface area (Å²) in [5, 5.41) is 12.8. The fourth-order valence-electron chi connectivity index (χ4n) is 2.46. The van der Waals surface area contributed by atoms with Crippen molar-refractivity contribution in [1.29, 1.82) is 0 Å². The highest BCUT2D eigenvalue weighted by molar-refractivity contribution is 5.97. The molecule has 2 atom stereocenters. The van der Waals surface area contributed by atoms with Gasteiger partial charge in [-0.3, -0.25) is 4.79 Å². The van der Waals surface area contributed by atoms with Crippen LogP contribution in [0.3, 0.4) is 0 Å². The SMILES string of the molecule is CCOc1ccccc1C(=O)NC1CCCCC1O. The normalized spacial score (nSPS) is 22.8. The minimum absolute atomic E-state index is 0.143. The molecular weight excluding hydrogens is 242 g/mol. The van der Waals surface area contributed by atoms with E-state index in [0.29, 0.717) is 17.9 Å². The number of aliphatic hydroxyl groups excluding tert-OH is 1. The first-order valence-corrected chi connectivity index (χ1v) is 6.93. The molecule has 0 spiro atoms. The minimum atomic E-state index is -0.433. The summed E-state index contributed by atoms with van der Waals surface area (Å²) in [7, 11) is 0. The third kappa shape index (κ3) is 3.47. The van der Waals surface area contributed by atoms with Crippen molar-refractivity contribution >= 4 is 5.91 Å². The van der Waals surface area contributed by atoms with Crippen molar-refractivity contribution in [3.63, 3.8) is 0 Å². The summed E-state index contributed by atoms with van der Waals surface area (Å²) in [5.74, 6) is 0.419. The number of carbonyl (C=O) groups is 1. The largest absolute Gasteiger partial charge is 0.493 e. The third-order valence-corrected chi connectivity index (χ3v) is 3.48. The Labute approximate surface area is 113 Å². The molecule has 2 unspecified atom stereocenters. The molecule has 2 rings (SSSR count). The van der Waals surface area contributed by atoms with Crippen LogP contribution in [0.2, 0.25) is 0 Å². The number of aliphatic hydroxyl groups is 1. The number of nitrogens with one attached hydrogen (secondary N) is 1. The standard InChI is InChI=1S/C15H21NO3/c1-2-19-14-10-6-3-7-11(14)15(18)16-12-8-4-5-9-13(12)17/h3,6-7,10,12-13,17H,2,4-5,8-9H2,1H3,(H,16,18). The van der Waals surface area contributed by atoms with Crippen molar-refractivity contribution in [2.24, 2.45) is 0 Å². The highest BCUT2D eigenvalue weighted by Crippen LogP contribution is 2.21. The van der Waals surface area contributed by atoms with Gasteiger partial charge in [-0.1, -0.05) is 25.0 Å². The average Bonchev–Trinajstić information content (AvgIpc) is 2.42. The topological polar surface area (TPSA) is 58.6 Å². The van der Waals surface area contributed by atoms with Gasteiger partial charge in [0.2, 0.25) is 0 Å². The molecule has 2 N–H and O–H groups in total.